The Morgan fingerprint density at radius 3 is 2.27 bits per heavy atom. The van der Waals surface area contributed by atoms with Gasteiger partial charge in [-0.15, -0.1) is 0 Å². The van der Waals surface area contributed by atoms with Crippen LogP contribution in [0, 0.1) is 0 Å². The number of carbonyl (C=O) groups is 4. The molecule has 1 atom stereocenters. The number of ketones is 1. The summed E-state index contributed by atoms with van der Waals surface area (Å²) in [6, 6.07) is 1.66. The zero-order valence-electron chi connectivity index (χ0n) is 12.9. The van der Waals surface area contributed by atoms with Gasteiger partial charge in [-0.2, -0.15) is 0 Å². The lowest BCUT2D eigenvalue weighted by Crippen LogP contribution is -2.42. The molecule has 0 amide bonds. The molecule has 11 heteroatoms. The van der Waals surface area contributed by atoms with Gasteiger partial charge in [-0.05, 0) is 12.1 Å². The number of fused-ring (bicyclic) bond motifs is 3. The van der Waals surface area contributed by atoms with E-state index in [1.54, 1.807) is 0 Å². The van der Waals surface area contributed by atoms with Crippen molar-refractivity contribution in [1.29, 1.82) is 0 Å². The molecule has 0 saturated carbocycles. The lowest BCUT2D eigenvalue weighted by atomic mass is 9.85. The van der Waals surface area contributed by atoms with Gasteiger partial charge in [-0.1, -0.05) is 0 Å². The monoisotopic (exact) mass is 362 g/mol. The number of Topliss-reactive ketones (excluding diaryl/α,β-unsaturated/α-hetero) is 1. The number of hydrogen-bond acceptors (Lipinski definition) is 7. The summed E-state index contributed by atoms with van der Waals surface area (Å²) in [5, 5.41) is 38.3. The van der Waals surface area contributed by atoms with E-state index in [1.807, 2.05) is 0 Å². The number of aromatic amines is 1. The molecule has 2 aromatic heterocycles. The van der Waals surface area contributed by atoms with Gasteiger partial charge in [0, 0.05) is 12.7 Å². The smallest absolute Gasteiger partial charge is 0.354 e. The van der Waals surface area contributed by atoms with Crippen molar-refractivity contribution in [3.8, 4) is 11.3 Å². The molecule has 0 saturated heterocycles. The number of nitrogens with one attached hydrogen (secondary N) is 1. The summed E-state index contributed by atoms with van der Waals surface area (Å²) >= 11 is 0. The van der Waals surface area contributed by atoms with Gasteiger partial charge in [0.05, 0.1) is 16.8 Å². The molecule has 134 valence electrons. The number of rotatable bonds is 4. The van der Waals surface area contributed by atoms with Gasteiger partial charge in [0.2, 0.25) is 5.78 Å². The molecular formula is C15H10N2O9. The third-order valence-corrected chi connectivity index (χ3v) is 3.94. The Kier molecular flexibility index (Phi) is 3.63. The maximum Gasteiger partial charge on any atom is 0.354 e. The summed E-state index contributed by atoms with van der Waals surface area (Å²) in [6.07, 6.45) is 0. The first-order valence-electron chi connectivity index (χ1n) is 6.93. The Morgan fingerprint density at radius 1 is 1.12 bits per heavy atom. The van der Waals surface area contributed by atoms with Crippen LogP contribution in [0.4, 0.5) is 0 Å². The van der Waals surface area contributed by atoms with Crippen molar-refractivity contribution in [2.45, 2.75) is 5.79 Å². The summed E-state index contributed by atoms with van der Waals surface area (Å²) in [5.41, 5.74) is -3.32. The number of nitrogens with zero attached hydrogens (tertiary/aromatic N) is 1. The van der Waals surface area contributed by atoms with Crippen LogP contribution in [0.5, 0.6) is 0 Å². The van der Waals surface area contributed by atoms with E-state index >= 15 is 0 Å². The molecule has 1 unspecified atom stereocenters. The van der Waals surface area contributed by atoms with E-state index in [2.05, 4.69) is 9.97 Å². The highest BCUT2D eigenvalue weighted by Gasteiger charge is 2.50. The molecule has 26 heavy (non-hydrogen) atoms. The number of carboxylic acid groups (broad SMARTS) is 3. The number of aromatic nitrogens is 2. The minimum atomic E-state index is -2.78. The number of pyridine rings is 1. The van der Waals surface area contributed by atoms with Crippen molar-refractivity contribution in [3.05, 3.63) is 40.3 Å². The third kappa shape index (κ3) is 2.18. The minimum Gasteiger partial charge on any atom is -0.478 e. The highest BCUT2D eigenvalue weighted by Crippen LogP contribution is 2.43. The summed E-state index contributed by atoms with van der Waals surface area (Å²) in [4.78, 5) is 52.7. The van der Waals surface area contributed by atoms with E-state index in [4.69, 9.17) is 14.9 Å². The fourth-order valence-electron chi connectivity index (χ4n) is 2.75. The maximum absolute atomic E-state index is 12.6. The molecule has 0 bridgehead atoms. The van der Waals surface area contributed by atoms with Crippen LogP contribution in [-0.2, 0) is 10.5 Å². The zero-order valence-corrected chi connectivity index (χ0v) is 12.9. The molecule has 2 aromatic rings. The molecule has 0 fully saturated rings. The Morgan fingerprint density at radius 2 is 1.77 bits per heavy atom. The van der Waals surface area contributed by atoms with Crippen LogP contribution in [0.25, 0.3) is 11.3 Å². The van der Waals surface area contributed by atoms with Gasteiger partial charge < -0.3 is 30.1 Å². The number of carboxylic acids is 3. The molecule has 3 rings (SSSR count). The predicted octanol–water partition coefficient (Wildman–Crippen LogP) is 0.159. The Balaban J connectivity index is 2.49. The maximum atomic E-state index is 12.6. The van der Waals surface area contributed by atoms with E-state index < -0.39 is 52.1 Å². The van der Waals surface area contributed by atoms with E-state index in [0.29, 0.717) is 0 Å². The molecule has 0 aromatic carbocycles. The Bertz CT molecular complexity index is 1010. The summed E-state index contributed by atoms with van der Waals surface area (Å²) < 4.78 is 4.81. The van der Waals surface area contributed by atoms with Crippen molar-refractivity contribution in [1.82, 2.24) is 9.97 Å². The van der Waals surface area contributed by atoms with Crippen LogP contribution in [0.3, 0.4) is 0 Å². The van der Waals surface area contributed by atoms with Crippen molar-refractivity contribution in [3.63, 3.8) is 0 Å². The number of aromatic carboxylic acids is 3. The van der Waals surface area contributed by atoms with Crippen LogP contribution >= 0.6 is 0 Å². The van der Waals surface area contributed by atoms with Gasteiger partial charge in [0.25, 0.3) is 5.79 Å². The van der Waals surface area contributed by atoms with Crippen LogP contribution in [-0.4, -0.2) is 61.2 Å². The molecule has 2 heterocycles. The normalized spacial score (nSPS) is 18.2. The SMILES string of the molecule is COC1(O)C(=O)c2cc(C(=O)O)[nH]c2-c2c(C(=O)O)cc(C(=O)O)nc21. The summed E-state index contributed by atoms with van der Waals surface area (Å²) in [6.45, 7) is 0. The predicted molar refractivity (Wildman–Crippen MR) is 80.1 cm³/mol. The fourth-order valence-corrected chi connectivity index (χ4v) is 2.75. The number of ether oxygens (including phenoxy) is 1. The quantitative estimate of drug-likeness (QED) is 0.469. The fraction of sp³-hybridized carbons (Fsp3) is 0.133. The van der Waals surface area contributed by atoms with E-state index in [0.717, 1.165) is 19.2 Å². The first kappa shape index (κ1) is 17.3. The largest absolute Gasteiger partial charge is 0.478 e. The number of hydrogen-bond donors (Lipinski definition) is 5. The van der Waals surface area contributed by atoms with E-state index in [1.165, 1.54) is 0 Å². The standard InChI is InChI=1S/C15H10N2O9/c1-26-15(25)10-8(4(12(19)20)2-7(17-10)14(23)24)9-5(11(15)18)3-6(16-9)13(21)22/h2-3,16,25H,1H3,(H,19,20)(H,21,22)(H,23,24). The molecule has 0 aliphatic heterocycles. The van der Waals surface area contributed by atoms with Crippen molar-refractivity contribution in [2.24, 2.45) is 0 Å². The summed E-state index contributed by atoms with van der Waals surface area (Å²) in [7, 11) is 0.937. The molecule has 5 N–H and O–H groups in total. The Labute approximate surface area is 143 Å². The molecular weight excluding hydrogens is 352 g/mol. The molecule has 0 spiro atoms. The summed E-state index contributed by atoms with van der Waals surface area (Å²) in [5.74, 6) is -8.49. The topological polar surface area (TPSA) is 187 Å². The lowest BCUT2D eigenvalue weighted by Gasteiger charge is -2.30. The van der Waals surface area contributed by atoms with Gasteiger partial charge in [0.15, 0.2) is 0 Å². The minimum absolute atomic E-state index is 0.217. The second-order valence-electron chi connectivity index (χ2n) is 5.34. The van der Waals surface area contributed by atoms with Crippen molar-refractivity contribution >= 4 is 23.7 Å². The molecule has 11 nitrogen and oxygen atoms in total. The highest BCUT2D eigenvalue weighted by atomic mass is 16.6. The average molecular weight is 362 g/mol. The lowest BCUT2D eigenvalue weighted by molar-refractivity contribution is -0.156. The number of carbonyl (C=O) groups excluding carboxylic acids is 1. The van der Waals surface area contributed by atoms with Gasteiger partial charge in [0.1, 0.15) is 17.1 Å². The average Bonchev–Trinajstić information content (AvgIpc) is 3.03. The third-order valence-electron chi connectivity index (χ3n) is 3.94. The van der Waals surface area contributed by atoms with Crippen LogP contribution < -0.4 is 0 Å². The van der Waals surface area contributed by atoms with E-state index in [9.17, 15) is 29.4 Å². The van der Waals surface area contributed by atoms with Gasteiger partial charge in [-0.25, -0.2) is 19.4 Å². The molecule has 0 radical (unpaired) electrons. The van der Waals surface area contributed by atoms with Gasteiger partial charge in [-0.3, -0.25) is 4.79 Å². The van der Waals surface area contributed by atoms with Crippen LogP contribution in [0.1, 0.15) is 47.4 Å². The number of H-pyrrole nitrogens is 1. The van der Waals surface area contributed by atoms with Crippen molar-refractivity contribution < 1.29 is 44.3 Å². The number of methoxy groups -OCH3 is 1. The first-order valence-corrected chi connectivity index (χ1v) is 6.93. The second-order valence-corrected chi connectivity index (χ2v) is 5.34. The second kappa shape index (κ2) is 5.47. The molecule has 1 aliphatic carbocycles. The Hall–Kier alpha value is -3.57. The number of aliphatic hydroxyl groups is 1. The van der Waals surface area contributed by atoms with E-state index in [-0.39, 0.29) is 16.8 Å². The molecule has 1 aliphatic rings. The highest BCUT2D eigenvalue weighted by molar-refractivity contribution is 6.14. The van der Waals surface area contributed by atoms with Crippen LogP contribution in [0.2, 0.25) is 0 Å². The van der Waals surface area contributed by atoms with Crippen molar-refractivity contribution in [2.75, 3.05) is 7.11 Å². The van der Waals surface area contributed by atoms with Crippen LogP contribution in [0.15, 0.2) is 12.1 Å². The van der Waals surface area contributed by atoms with Gasteiger partial charge >= 0.3 is 17.9 Å². The zero-order chi connectivity index (χ0) is 19.4. The first-order chi connectivity index (χ1) is 12.1.